The number of anilines is 1. The quantitative estimate of drug-likeness (QED) is 0.615. The topological polar surface area (TPSA) is 46.4 Å². The van der Waals surface area contributed by atoms with Gasteiger partial charge in [-0.15, -0.1) is 4.59 Å². The average Bonchev–Trinajstić information content (AvgIpc) is 3.16. The second-order valence-corrected chi connectivity index (χ2v) is 7.82. The molecule has 0 spiro atoms. The summed E-state index contributed by atoms with van der Waals surface area (Å²) in [7, 11) is 1.68. The molecule has 0 bridgehead atoms. The number of methoxy groups -OCH3 is 1. The molecule has 30 heavy (non-hydrogen) atoms. The molecule has 2 heterocycles. The first-order chi connectivity index (χ1) is 14.7. The van der Waals surface area contributed by atoms with Crippen molar-refractivity contribution >= 4 is 18.2 Å². The minimum Gasteiger partial charge on any atom is -0.493 e. The Kier molecular flexibility index (Phi) is 4.64. The number of rotatable bonds is 6. The molecule has 1 unspecified atom stereocenters. The molecule has 152 valence electrons. The van der Waals surface area contributed by atoms with E-state index in [1.165, 1.54) is 6.42 Å². The molecule has 0 aromatic heterocycles. The lowest BCUT2D eigenvalue weighted by Crippen LogP contribution is -2.61. The molecule has 2 aromatic rings. The van der Waals surface area contributed by atoms with Gasteiger partial charge in [-0.05, 0) is 56.0 Å². The predicted molar refractivity (Wildman–Crippen MR) is 119 cm³/mol. The smallest absolute Gasteiger partial charge is 0.225 e. The normalized spacial score (nSPS) is 21.7. The molecule has 1 aliphatic carbocycles. The van der Waals surface area contributed by atoms with Gasteiger partial charge in [-0.2, -0.15) is 0 Å². The molecule has 2 aromatic carbocycles. The van der Waals surface area contributed by atoms with E-state index in [2.05, 4.69) is 46.3 Å². The van der Waals surface area contributed by atoms with Gasteiger partial charge < -0.3 is 9.47 Å². The fourth-order valence-corrected chi connectivity index (χ4v) is 4.12. The van der Waals surface area contributed by atoms with E-state index in [9.17, 15) is 0 Å². The van der Waals surface area contributed by atoms with Gasteiger partial charge in [0.2, 0.25) is 12.0 Å². The molecule has 6 heteroatoms. The number of allylic oxidation sites excluding steroid dienone is 1. The summed E-state index contributed by atoms with van der Waals surface area (Å²) in [5.41, 5.74) is 3.25. The van der Waals surface area contributed by atoms with Gasteiger partial charge in [-0.3, -0.25) is 4.99 Å². The zero-order valence-electron chi connectivity index (χ0n) is 17.2. The van der Waals surface area contributed by atoms with Gasteiger partial charge in [0.25, 0.3) is 0 Å². The molecule has 0 saturated heterocycles. The predicted octanol–water partition coefficient (Wildman–Crippen LogP) is 5.33. The van der Waals surface area contributed by atoms with Crippen molar-refractivity contribution in [2.45, 2.75) is 32.2 Å². The highest BCUT2D eigenvalue weighted by Gasteiger charge is 2.46. The van der Waals surface area contributed by atoms with Gasteiger partial charge in [0.05, 0.1) is 37.5 Å². The molecule has 6 nitrogen and oxygen atoms in total. The Morgan fingerprint density at radius 2 is 1.97 bits per heavy atom. The van der Waals surface area contributed by atoms with Gasteiger partial charge in [-0.1, -0.05) is 12.1 Å². The fourth-order valence-electron chi connectivity index (χ4n) is 4.12. The summed E-state index contributed by atoms with van der Waals surface area (Å²) in [5.74, 6) is 2.20. The highest BCUT2D eigenvalue weighted by molar-refractivity contribution is 5.82. The zero-order valence-corrected chi connectivity index (χ0v) is 17.2. The summed E-state index contributed by atoms with van der Waals surface area (Å²) in [5, 5.41) is 2.40. The van der Waals surface area contributed by atoms with Crippen molar-refractivity contribution in [1.29, 1.82) is 0 Å². The van der Waals surface area contributed by atoms with E-state index >= 15 is 0 Å². The number of benzene rings is 2. The molecule has 1 atom stereocenters. The van der Waals surface area contributed by atoms with E-state index in [0.29, 0.717) is 22.1 Å². The van der Waals surface area contributed by atoms with Crippen LogP contribution < -0.4 is 14.5 Å². The summed E-state index contributed by atoms with van der Waals surface area (Å²) < 4.78 is 12.3. The number of fused-ring (bicyclic) bond motifs is 1. The lowest BCUT2D eigenvalue weighted by Gasteiger charge is -2.46. The van der Waals surface area contributed by atoms with Crippen LogP contribution in [-0.2, 0) is 0 Å². The van der Waals surface area contributed by atoms with Gasteiger partial charge in [0.15, 0.2) is 17.7 Å². The number of ether oxygens (including phenoxy) is 2. The molecular weight excluding hydrogens is 376 g/mol. The third-order valence-electron chi connectivity index (χ3n) is 5.86. The molecule has 0 N–H and O–H groups in total. The summed E-state index contributed by atoms with van der Waals surface area (Å²) >= 11 is 0. The van der Waals surface area contributed by atoms with Crippen LogP contribution in [-0.4, -0.2) is 30.3 Å². The van der Waals surface area contributed by atoms with Crippen LogP contribution in [0.1, 0.15) is 24.8 Å². The lowest BCUT2D eigenvalue weighted by molar-refractivity contribution is -0.746. The molecular formula is C24H25N4O2+. The second kappa shape index (κ2) is 7.46. The maximum Gasteiger partial charge on any atom is 0.225 e. The molecule has 2 aliphatic heterocycles. The number of nitrogens with zero attached hydrogens (tertiary/aromatic N) is 4. The average molecular weight is 401 g/mol. The van der Waals surface area contributed by atoms with E-state index in [1.54, 1.807) is 7.11 Å². The van der Waals surface area contributed by atoms with E-state index in [0.717, 1.165) is 35.5 Å². The van der Waals surface area contributed by atoms with E-state index in [4.69, 9.17) is 9.47 Å². The van der Waals surface area contributed by atoms with Crippen molar-refractivity contribution in [3.8, 4) is 17.2 Å². The van der Waals surface area contributed by atoms with Crippen LogP contribution >= 0.6 is 0 Å². The minimum atomic E-state index is 0.419. The zero-order chi connectivity index (χ0) is 20.6. The fraction of sp³-hybridized carbons (Fsp3) is 0.250. The first-order valence-electron chi connectivity index (χ1n) is 10.3. The molecule has 0 amide bonds. The van der Waals surface area contributed by atoms with Crippen LogP contribution in [0, 0.1) is 6.92 Å². The van der Waals surface area contributed by atoms with E-state index in [1.807, 2.05) is 49.2 Å². The number of hydrogen-bond donors (Lipinski definition) is 0. The van der Waals surface area contributed by atoms with Crippen LogP contribution in [0.3, 0.4) is 0 Å². The van der Waals surface area contributed by atoms with Crippen molar-refractivity contribution in [2.24, 2.45) is 9.98 Å². The largest absolute Gasteiger partial charge is 0.493 e. The Labute approximate surface area is 176 Å². The molecule has 3 aliphatic rings. The van der Waals surface area contributed by atoms with Gasteiger partial charge in [0, 0.05) is 6.07 Å². The van der Waals surface area contributed by atoms with Crippen molar-refractivity contribution in [3.63, 3.8) is 0 Å². The Balaban J connectivity index is 1.53. The Bertz CT molecular complexity index is 1080. The third kappa shape index (κ3) is 3.09. The Morgan fingerprint density at radius 3 is 2.73 bits per heavy atom. The maximum atomic E-state index is 6.13. The lowest BCUT2D eigenvalue weighted by atomic mass is 9.91. The van der Waals surface area contributed by atoms with Gasteiger partial charge in [-0.25, -0.2) is 10.0 Å². The Morgan fingerprint density at radius 1 is 1.07 bits per heavy atom. The first-order valence-corrected chi connectivity index (χ1v) is 10.3. The van der Waals surface area contributed by atoms with E-state index < -0.39 is 0 Å². The summed E-state index contributed by atoms with van der Waals surface area (Å²) in [6.07, 6.45) is 13.2. The van der Waals surface area contributed by atoms with Crippen LogP contribution in [0.5, 0.6) is 17.2 Å². The number of hydrogen-bond acceptors (Lipinski definition) is 5. The summed E-state index contributed by atoms with van der Waals surface area (Å²) in [6.45, 7) is 2.05. The van der Waals surface area contributed by atoms with Crippen LogP contribution in [0.15, 0.2) is 76.7 Å². The molecule has 0 radical (unpaired) electrons. The van der Waals surface area contributed by atoms with Gasteiger partial charge in [0.1, 0.15) is 5.75 Å². The monoisotopic (exact) mass is 401 g/mol. The van der Waals surface area contributed by atoms with E-state index in [-0.39, 0.29) is 0 Å². The Hall–Kier alpha value is -3.38. The third-order valence-corrected chi connectivity index (χ3v) is 5.86. The highest BCUT2D eigenvalue weighted by Crippen LogP contribution is 2.42. The summed E-state index contributed by atoms with van der Waals surface area (Å²) in [4.78, 5) is 8.76. The minimum absolute atomic E-state index is 0.419. The van der Waals surface area contributed by atoms with Crippen LogP contribution in [0.2, 0.25) is 0 Å². The SMILES string of the molecule is COc1cc(N(C2CCC2)[N+]23C=CN=CC2=CN=C3)ccc1Oc1cccc(C)c1. The van der Waals surface area contributed by atoms with Gasteiger partial charge >= 0.3 is 0 Å². The van der Waals surface area contributed by atoms with Crippen molar-refractivity contribution in [2.75, 3.05) is 12.1 Å². The van der Waals surface area contributed by atoms with Crippen LogP contribution in [0.25, 0.3) is 0 Å². The molecule has 5 rings (SSSR count). The first kappa shape index (κ1) is 18.6. The highest BCUT2D eigenvalue weighted by atomic mass is 16.5. The summed E-state index contributed by atoms with van der Waals surface area (Å²) in [6, 6.07) is 14.6. The number of aryl methyl sites for hydroxylation is 1. The number of aliphatic imine (C=N–C) groups is 2. The molecule has 1 fully saturated rings. The van der Waals surface area contributed by atoms with Crippen LogP contribution in [0.4, 0.5) is 5.69 Å². The van der Waals surface area contributed by atoms with Crippen molar-refractivity contribution in [3.05, 3.63) is 72.3 Å². The standard InChI is InChI=1S/C24H25N4O2/c1-18-5-3-8-22(13-18)30-23-10-9-20(14-24(23)29-2)27(19-6-4-7-19)28-12-11-25-15-21(28)16-26-17-28/h3,5,8-17,19H,4,6-7H2,1-2H3/q+1. The van der Waals surface area contributed by atoms with Crippen molar-refractivity contribution in [1.82, 2.24) is 0 Å². The van der Waals surface area contributed by atoms with Crippen molar-refractivity contribution < 1.29 is 14.1 Å². The molecule has 1 saturated carbocycles. The number of quaternary nitrogens is 1. The second-order valence-electron chi connectivity index (χ2n) is 7.82. The maximum absolute atomic E-state index is 6.13.